The maximum absolute atomic E-state index is 13.3. The molecule has 0 amide bonds. The Bertz CT molecular complexity index is 1420. The number of rotatable bonds is 11. The normalized spacial score (nSPS) is 12.4. The lowest BCUT2D eigenvalue weighted by Gasteiger charge is -2.28. The molecule has 9 heteroatoms. The van der Waals surface area contributed by atoms with Gasteiger partial charge >= 0.3 is 5.97 Å². The van der Waals surface area contributed by atoms with Crippen LogP contribution in [0.2, 0.25) is 5.02 Å². The molecule has 3 aromatic carbocycles. The van der Waals surface area contributed by atoms with Crippen molar-refractivity contribution in [3.63, 3.8) is 0 Å². The van der Waals surface area contributed by atoms with Crippen molar-refractivity contribution < 1.29 is 18.3 Å². The standard InChI is InChI=1S/C28H26ClN3O4S/c29-25-12-14-26(15-13-25)37(35,36)31-27(23-6-2-1-3-7-23)20-32(19-22-5-4-16-30-17-22)18-21-8-10-24(11-9-21)28(33)34/h1-17,27,31H,18-20H2,(H,33,34)/t27-/m1/s1. The lowest BCUT2D eigenvalue weighted by Crippen LogP contribution is -2.37. The van der Waals surface area contributed by atoms with E-state index < -0.39 is 22.0 Å². The van der Waals surface area contributed by atoms with Gasteiger partial charge < -0.3 is 5.11 Å². The van der Waals surface area contributed by atoms with E-state index in [1.165, 1.54) is 12.1 Å². The first-order valence-corrected chi connectivity index (χ1v) is 13.4. The highest BCUT2D eigenvalue weighted by Crippen LogP contribution is 2.22. The topological polar surface area (TPSA) is 99.6 Å². The Balaban J connectivity index is 1.64. The van der Waals surface area contributed by atoms with Crippen molar-refractivity contribution in [1.29, 1.82) is 0 Å². The number of pyridine rings is 1. The van der Waals surface area contributed by atoms with E-state index in [0.29, 0.717) is 24.7 Å². The van der Waals surface area contributed by atoms with Crippen LogP contribution in [0.3, 0.4) is 0 Å². The minimum atomic E-state index is -3.84. The van der Waals surface area contributed by atoms with Gasteiger partial charge in [-0.1, -0.05) is 60.1 Å². The number of aromatic carboxylic acids is 1. The van der Waals surface area contributed by atoms with Crippen molar-refractivity contribution in [3.05, 3.63) is 131 Å². The van der Waals surface area contributed by atoms with Gasteiger partial charge in [0.2, 0.25) is 10.0 Å². The minimum Gasteiger partial charge on any atom is -0.478 e. The Hall–Kier alpha value is -3.56. The maximum atomic E-state index is 13.3. The molecular weight excluding hydrogens is 510 g/mol. The highest BCUT2D eigenvalue weighted by atomic mass is 35.5. The Morgan fingerprint density at radius 3 is 2.19 bits per heavy atom. The van der Waals surface area contributed by atoms with Gasteiger partial charge in [0.1, 0.15) is 0 Å². The average molecular weight is 536 g/mol. The minimum absolute atomic E-state index is 0.126. The number of benzene rings is 3. The van der Waals surface area contributed by atoms with Crippen molar-refractivity contribution in [2.75, 3.05) is 6.54 Å². The van der Waals surface area contributed by atoms with Crippen LogP contribution in [0.4, 0.5) is 0 Å². The molecule has 0 aliphatic carbocycles. The molecule has 1 aromatic heterocycles. The summed E-state index contributed by atoms with van der Waals surface area (Å²) in [5.74, 6) is -0.987. The van der Waals surface area contributed by atoms with Gasteiger partial charge in [-0.25, -0.2) is 17.9 Å². The van der Waals surface area contributed by atoms with Crippen molar-refractivity contribution in [1.82, 2.24) is 14.6 Å². The number of halogens is 1. The number of hydrogen-bond donors (Lipinski definition) is 2. The summed E-state index contributed by atoms with van der Waals surface area (Å²) in [6.45, 7) is 1.34. The number of hydrogen-bond acceptors (Lipinski definition) is 5. The Labute approximate surface area is 221 Å². The molecule has 0 saturated carbocycles. The van der Waals surface area contributed by atoms with Gasteiger partial charge in [-0.15, -0.1) is 0 Å². The second-order valence-corrected chi connectivity index (χ2v) is 10.7. The SMILES string of the molecule is O=C(O)c1ccc(CN(Cc2cccnc2)C[C@@H](NS(=O)(=O)c2ccc(Cl)cc2)c2ccccc2)cc1. The van der Waals surface area contributed by atoms with Crippen LogP contribution in [0.1, 0.15) is 33.1 Å². The molecule has 4 aromatic rings. The van der Waals surface area contributed by atoms with E-state index in [1.54, 1.807) is 48.8 Å². The number of sulfonamides is 1. The molecular formula is C28H26ClN3O4S. The highest BCUT2D eigenvalue weighted by Gasteiger charge is 2.24. The molecule has 0 unspecified atom stereocenters. The Kier molecular flexibility index (Phi) is 8.68. The van der Waals surface area contributed by atoms with E-state index in [0.717, 1.165) is 16.7 Å². The van der Waals surface area contributed by atoms with E-state index >= 15 is 0 Å². The van der Waals surface area contributed by atoms with Gasteiger partial charge in [0.15, 0.2) is 0 Å². The third-order valence-corrected chi connectivity index (χ3v) is 7.54. The van der Waals surface area contributed by atoms with Crippen LogP contribution in [0.25, 0.3) is 0 Å². The molecule has 0 radical (unpaired) electrons. The van der Waals surface area contributed by atoms with Crippen LogP contribution in [-0.4, -0.2) is 35.9 Å². The fraction of sp³-hybridized carbons (Fsp3) is 0.143. The molecule has 0 aliphatic rings. The Morgan fingerprint density at radius 1 is 0.892 bits per heavy atom. The van der Waals surface area contributed by atoms with Crippen LogP contribution >= 0.6 is 11.6 Å². The fourth-order valence-electron chi connectivity index (χ4n) is 3.97. The van der Waals surface area contributed by atoms with Gasteiger partial charge in [0, 0.05) is 37.1 Å². The first-order valence-electron chi connectivity index (χ1n) is 11.6. The zero-order valence-electron chi connectivity index (χ0n) is 19.9. The molecule has 0 spiro atoms. The van der Waals surface area contributed by atoms with Gasteiger partial charge in [-0.05, 0) is 59.2 Å². The second kappa shape index (κ2) is 12.1. The Morgan fingerprint density at radius 2 is 1.57 bits per heavy atom. The lowest BCUT2D eigenvalue weighted by atomic mass is 10.1. The van der Waals surface area contributed by atoms with Crippen LogP contribution in [0, 0.1) is 0 Å². The summed E-state index contributed by atoms with van der Waals surface area (Å²) in [6.07, 6.45) is 3.47. The highest BCUT2D eigenvalue weighted by molar-refractivity contribution is 7.89. The number of nitrogens with one attached hydrogen (secondary N) is 1. The molecule has 2 N–H and O–H groups in total. The van der Waals surface area contributed by atoms with Crippen LogP contribution < -0.4 is 4.72 Å². The molecule has 190 valence electrons. The molecule has 37 heavy (non-hydrogen) atoms. The van der Waals surface area contributed by atoms with E-state index in [-0.39, 0.29) is 10.5 Å². The molecule has 7 nitrogen and oxygen atoms in total. The van der Waals surface area contributed by atoms with Gasteiger partial charge in [-0.2, -0.15) is 0 Å². The summed E-state index contributed by atoms with van der Waals surface area (Å²) in [5.41, 5.74) is 2.90. The van der Waals surface area contributed by atoms with Crippen LogP contribution in [0.15, 0.2) is 108 Å². The van der Waals surface area contributed by atoms with E-state index in [1.807, 2.05) is 42.5 Å². The zero-order chi connectivity index (χ0) is 26.3. The summed E-state index contributed by atoms with van der Waals surface area (Å²) in [6, 6.07) is 25.4. The predicted octanol–water partition coefficient (Wildman–Crippen LogP) is 5.16. The van der Waals surface area contributed by atoms with Gasteiger partial charge in [0.25, 0.3) is 0 Å². The van der Waals surface area contributed by atoms with E-state index in [2.05, 4.69) is 14.6 Å². The molecule has 0 saturated heterocycles. The lowest BCUT2D eigenvalue weighted by molar-refractivity contribution is 0.0697. The number of nitrogens with zero attached hydrogens (tertiary/aromatic N) is 2. The van der Waals surface area contributed by atoms with Crippen molar-refractivity contribution in [2.45, 2.75) is 24.0 Å². The third-order valence-electron chi connectivity index (χ3n) is 5.80. The average Bonchev–Trinajstić information content (AvgIpc) is 2.90. The smallest absolute Gasteiger partial charge is 0.335 e. The predicted molar refractivity (Wildman–Crippen MR) is 143 cm³/mol. The number of carboxylic acid groups (broad SMARTS) is 1. The van der Waals surface area contributed by atoms with Gasteiger partial charge in [0.05, 0.1) is 16.5 Å². The summed E-state index contributed by atoms with van der Waals surface area (Å²) in [7, 11) is -3.84. The maximum Gasteiger partial charge on any atom is 0.335 e. The quantitative estimate of drug-likeness (QED) is 0.275. The number of aromatic nitrogens is 1. The second-order valence-electron chi connectivity index (χ2n) is 8.57. The number of carboxylic acids is 1. The van der Waals surface area contributed by atoms with Gasteiger partial charge in [-0.3, -0.25) is 9.88 Å². The van der Waals surface area contributed by atoms with Crippen molar-refractivity contribution in [3.8, 4) is 0 Å². The third kappa shape index (κ3) is 7.47. The van der Waals surface area contributed by atoms with E-state index in [4.69, 9.17) is 11.6 Å². The van der Waals surface area contributed by atoms with E-state index in [9.17, 15) is 18.3 Å². The first-order chi connectivity index (χ1) is 17.8. The largest absolute Gasteiger partial charge is 0.478 e. The summed E-state index contributed by atoms with van der Waals surface area (Å²) in [5, 5.41) is 9.68. The molecule has 0 fully saturated rings. The zero-order valence-corrected chi connectivity index (χ0v) is 21.4. The molecule has 4 rings (SSSR count). The summed E-state index contributed by atoms with van der Waals surface area (Å²) < 4.78 is 29.4. The molecule has 0 aliphatic heterocycles. The van der Waals surface area contributed by atoms with Crippen molar-refractivity contribution >= 4 is 27.6 Å². The molecule has 0 bridgehead atoms. The summed E-state index contributed by atoms with van der Waals surface area (Å²) in [4.78, 5) is 17.7. The monoisotopic (exact) mass is 535 g/mol. The van der Waals surface area contributed by atoms with Crippen LogP contribution in [0.5, 0.6) is 0 Å². The summed E-state index contributed by atoms with van der Waals surface area (Å²) >= 11 is 5.95. The molecule has 1 atom stereocenters. The van der Waals surface area contributed by atoms with Crippen molar-refractivity contribution in [2.24, 2.45) is 0 Å². The van der Waals surface area contributed by atoms with Crippen LogP contribution in [-0.2, 0) is 23.1 Å². The molecule has 1 heterocycles. The fourth-order valence-corrected chi connectivity index (χ4v) is 5.31. The first kappa shape index (κ1) is 26.5. The number of carbonyl (C=O) groups is 1.